The van der Waals surface area contributed by atoms with Crippen molar-refractivity contribution < 1.29 is 17.7 Å². The largest absolute Gasteiger partial charge is 0.356 e. The summed E-state index contributed by atoms with van der Waals surface area (Å²) in [5.41, 5.74) is 0.650. The zero-order chi connectivity index (χ0) is 20.4. The number of nitrogens with one attached hydrogen (secondary N) is 1. The number of carbonyl (C=O) groups is 1. The molecule has 1 aliphatic carbocycles. The van der Waals surface area contributed by atoms with Crippen molar-refractivity contribution in [3.8, 4) is 11.4 Å². The molecule has 1 aliphatic heterocycles. The number of piperidine rings is 1. The van der Waals surface area contributed by atoms with Crippen LogP contribution in [-0.2, 0) is 14.8 Å². The minimum atomic E-state index is -3.65. The van der Waals surface area contributed by atoms with Gasteiger partial charge in [0, 0.05) is 36.5 Å². The van der Waals surface area contributed by atoms with E-state index in [0.29, 0.717) is 49.1 Å². The number of sulfonamides is 1. The van der Waals surface area contributed by atoms with Crippen LogP contribution in [0.25, 0.3) is 11.4 Å². The summed E-state index contributed by atoms with van der Waals surface area (Å²) in [6, 6.07) is 1.61. The molecule has 0 radical (unpaired) electrons. The van der Waals surface area contributed by atoms with Gasteiger partial charge in [-0.2, -0.15) is 9.29 Å². The molecule has 1 saturated carbocycles. The third-order valence-corrected chi connectivity index (χ3v) is 8.91. The first-order valence-corrected chi connectivity index (χ1v) is 12.5. The van der Waals surface area contributed by atoms with E-state index < -0.39 is 10.0 Å². The van der Waals surface area contributed by atoms with Crippen LogP contribution in [-0.4, -0.2) is 48.4 Å². The Labute approximate surface area is 174 Å². The maximum absolute atomic E-state index is 13.1. The van der Waals surface area contributed by atoms with Gasteiger partial charge in [0.1, 0.15) is 4.21 Å². The molecule has 0 bridgehead atoms. The molecule has 0 spiro atoms. The smallest absolute Gasteiger partial charge is 0.252 e. The second-order valence-electron chi connectivity index (χ2n) is 7.73. The molecule has 3 heterocycles. The molecule has 158 valence electrons. The lowest BCUT2D eigenvalue weighted by atomic mass is 9.85. The molecule has 0 aromatic carbocycles. The van der Waals surface area contributed by atoms with Gasteiger partial charge < -0.3 is 9.84 Å². The quantitative estimate of drug-likeness (QED) is 0.712. The molecule has 29 heavy (non-hydrogen) atoms. The van der Waals surface area contributed by atoms with Crippen molar-refractivity contribution in [1.29, 1.82) is 0 Å². The van der Waals surface area contributed by atoms with Crippen molar-refractivity contribution >= 4 is 27.3 Å². The van der Waals surface area contributed by atoms with E-state index >= 15 is 0 Å². The fourth-order valence-electron chi connectivity index (χ4n) is 3.64. The summed E-state index contributed by atoms with van der Waals surface area (Å²) >= 11 is 1.15. The second-order valence-corrected chi connectivity index (χ2v) is 10.8. The molecular weight excluding hydrogens is 412 g/mol. The van der Waals surface area contributed by atoms with Crippen LogP contribution in [0.15, 0.2) is 20.2 Å². The predicted octanol–water partition coefficient (Wildman–Crippen LogP) is 2.99. The van der Waals surface area contributed by atoms with E-state index in [4.69, 9.17) is 4.52 Å². The molecule has 1 saturated heterocycles. The standard InChI is InChI=1S/C19H26N4O4S2/c1-2-8-20-18(24)14-7-4-9-23(11-14)29(25,26)16-10-15(12-28-16)17-21-19(27-22-17)13-5-3-6-13/h10,12-14H,2-9,11H2,1H3,(H,20,24)/t14-/m0/s1. The Kier molecular flexibility index (Phi) is 6.03. The zero-order valence-corrected chi connectivity index (χ0v) is 18.1. The number of carbonyl (C=O) groups excluding carboxylic acids is 1. The molecule has 10 heteroatoms. The van der Waals surface area contributed by atoms with Crippen molar-refractivity contribution in [2.75, 3.05) is 19.6 Å². The number of amides is 1. The van der Waals surface area contributed by atoms with Crippen LogP contribution in [0.2, 0.25) is 0 Å². The van der Waals surface area contributed by atoms with E-state index in [1.165, 1.54) is 10.7 Å². The summed E-state index contributed by atoms with van der Waals surface area (Å²) in [7, 11) is -3.65. The normalized spacial score (nSPS) is 21.1. The molecule has 4 rings (SSSR count). The lowest BCUT2D eigenvalue weighted by molar-refractivity contribution is -0.126. The van der Waals surface area contributed by atoms with Crippen LogP contribution in [0.4, 0.5) is 0 Å². The molecule has 2 aromatic rings. The third-order valence-electron chi connectivity index (χ3n) is 5.63. The highest BCUT2D eigenvalue weighted by Crippen LogP contribution is 2.37. The minimum absolute atomic E-state index is 0.0612. The predicted molar refractivity (Wildman–Crippen MR) is 109 cm³/mol. The summed E-state index contributed by atoms with van der Waals surface area (Å²) in [6.45, 7) is 3.26. The molecule has 0 unspecified atom stereocenters. The van der Waals surface area contributed by atoms with Crippen molar-refractivity contribution in [1.82, 2.24) is 19.8 Å². The Morgan fingerprint density at radius 3 is 2.90 bits per heavy atom. The van der Waals surface area contributed by atoms with E-state index in [-0.39, 0.29) is 22.6 Å². The SMILES string of the molecule is CCCNC(=O)[C@H]1CCCN(S(=O)(=O)c2cc(-c3noc(C4CCC4)n3)cs2)C1. The van der Waals surface area contributed by atoms with Gasteiger partial charge in [-0.1, -0.05) is 18.5 Å². The third kappa shape index (κ3) is 4.24. The Balaban J connectivity index is 1.47. The highest BCUT2D eigenvalue weighted by Gasteiger charge is 2.34. The van der Waals surface area contributed by atoms with E-state index in [1.54, 1.807) is 11.4 Å². The first kappa shape index (κ1) is 20.5. The van der Waals surface area contributed by atoms with E-state index in [1.807, 2.05) is 6.92 Å². The Hall–Kier alpha value is -1.78. The van der Waals surface area contributed by atoms with Crippen LogP contribution >= 0.6 is 11.3 Å². The van der Waals surface area contributed by atoms with E-state index in [2.05, 4.69) is 15.5 Å². The molecule has 1 amide bonds. The molecule has 8 nitrogen and oxygen atoms in total. The van der Waals surface area contributed by atoms with Crippen LogP contribution in [0.1, 0.15) is 57.3 Å². The summed E-state index contributed by atoms with van der Waals surface area (Å²) in [6.07, 6.45) is 5.55. The summed E-state index contributed by atoms with van der Waals surface area (Å²) in [5, 5.41) is 8.64. The number of hydrogen-bond acceptors (Lipinski definition) is 7. The Morgan fingerprint density at radius 2 is 2.17 bits per heavy atom. The van der Waals surface area contributed by atoms with Crippen LogP contribution in [0, 0.1) is 5.92 Å². The number of aromatic nitrogens is 2. The van der Waals surface area contributed by atoms with Gasteiger partial charge in [0.25, 0.3) is 10.0 Å². The van der Waals surface area contributed by atoms with E-state index in [0.717, 1.165) is 30.6 Å². The van der Waals surface area contributed by atoms with E-state index in [9.17, 15) is 13.2 Å². The maximum Gasteiger partial charge on any atom is 0.252 e. The molecular formula is C19H26N4O4S2. The number of nitrogens with zero attached hydrogens (tertiary/aromatic N) is 3. The molecule has 2 aliphatic rings. The average molecular weight is 439 g/mol. The topological polar surface area (TPSA) is 105 Å². The van der Waals surface area contributed by atoms with Gasteiger partial charge >= 0.3 is 0 Å². The molecule has 1 atom stereocenters. The zero-order valence-electron chi connectivity index (χ0n) is 16.5. The monoisotopic (exact) mass is 438 g/mol. The average Bonchev–Trinajstić information content (AvgIpc) is 3.35. The summed E-state index contributed by atoms with van der Waals surface area (Å²) in [5.74, 6) is 1.04. The Bertz CT molecular complexity index is 965. The summed E-state index contributed by atoms with van der Waals surface area (Å²) in [4.78, 5) is 16.7. The fraction of sp³-hybridized carbons (Fsp3) is 0.632. The number of hydrogen-bond donors (Lipinski definition) is 1. The lowest BCUT2D eigenvalue weighted by Crippen LogP contribution is -2.45. The first-order valence-electron chi connectivity index (χ1n) is 10.2. The maximum atomic E-state index is 13.1. The Morgan fingerprint density at radius 1 is 1.34 bits per heavy atom. The van der Waals surface area contributed by atoms with Gasteiger partial charge in [0.2, 0.25) is 17.6 Å². The van der Waals surface area contributed by atoms with Gasteiger partial charge in [-0.15, -0.1) is 11.3 Å². The van der Waals surface area contributed by atoms with Gasteiger partial charge in [-0.25, -0.2) is 8.42 Å². The highest BCUT2D eigenvalue weighted by atomic mass is 32.2. The van der Waals surface area contributed by atoms with Crippen molar-refractivity contribution in [2.24, 2.45) is 5.92 Å². The van der Waals surface area contributed by atoms with Crippen LogP contribution in [0.5, 0.6) is 0 Å². The van der Waals surface area contributed by atoms with Gasteiger partial charge in [-0.3, -0.25) is 4.79 Å². The lowest BCUT2D eigenvalue weighted by Gasteiger charge is -2.30. The van der Waals surface area contributed by atoms with Crippen molar-refractivity contribution in [2.45, 2.75) is 55.6 Å². The van der Waals surface area contributed by atoms with Gasteiger partial charge in [0.05, 0.1) is 5.92 Å². The molecule has 2 fully saturated rings. The molecule has 1 N–H and O–H groups in total. The minimum Gasteiger partial charge on any atom is -0.356 e. The number of thiophene rings is 1. The summed E-state index contributed by atoms with van der Waals surface area (Å²) < 4.78 is 33.3. The van der Waals surface area contributed by atoms with Crippen molar-refractivity contribution in [3.63, 3.8) is 0 Å². The first-order chi connectivity index (χ1) is 14.0. The second kappa shape index (κ2) is 8.53. The molecule has 2 aromatic heterocycles. The highest BCUT2D eigenvalue weighted by molar-refractivity contribution is 7.91. The fourth-order valence-corrected chi connectivity index (χ4v) is 6.47. The van der Waals surface area contributed by atoms with Gasteiger partial charge in [0.15, 0.2) is 0 Å². The van der Waals surface area contributed by atoms with Gasteiger partial charge in [-0.05, 0) is 38.2 Å². The number of rotatable bonds is 7. The van der Waals surface area contributed by atoms with Crippen LogP contribution in [0.3, 0.4) is 0 Å². The van der Waals surface area contributed by atoms with Crippen molar-refractivity contribution in [3.05, 3.63) is 17.3 Å². The van der Waals surface area contributed by atoms with Crippen LogP contribution < -0.4 is 5.32 Å².